The number of nitrogens with two attached hydrogens (primary N) is 1. The second-order valence-corrected chi connectivity index (χ2v) is 17.6. The molecule has 1 aromatic heterocycles. The Labute approximate surface area is 439 Å². The SMILES string of the molecule is Nc1c(N=Nc2cc(Nc3nc(Cl)nc(Nc4ccc(S(=O)(=O)CCOS(=O)(=O)[O-])cc4)n3)ccc2S(=O)(=O)[O-])c(SOO[O-])cc2cc(S(=O)(=O)[O-])ccc12.[Na+].[Na+].[Na+].[Na+]. The third-order valence-electron chi connectivity index (χ3n) is 6.93. The number of anilines is 5. The van der Waals surface area contributed by atoms with E-state index in [2.05, 4.69) is 49.4 Å². The zero-order valence-electron chi connectivity index (χ0n) is 31.1. The Balaban J connectivity index is 0.00000450. The van der Waals surface area contributed by atoms with Gasteiger partial charge in [-0.3, -0.25) is 9.22 Å². The molecule has 0 fully saturated rings. The molecule has 0 atom stereocenters. The number of nitrogen functional groups attached to an aromatic ring is 1. The van der Waals surface area contributed by atoms with Crippen molar-refractivity contribution in [2.45, 2.75) is 19.6 Å². The number of benzene rings is 4. The maximum atomic E-state index is 12.4. The van der Waals surface area contributed by atoms with Crippen molar-refractivity contribution in [3.63, 3.8) is 0 Å². The van der Waals surface area contributed by atoms with Crippen molar-refractivity contribution in [2.75, 3.05) is 28.7 Å². The van der Waals surface area contributed by atoms with E-state index in [1.807, 2.05) is 0 Å². The second-order valence-electron chi connectivity index (χ2n) is 10.6. The molecule has 0 bridgehead atoms. The van der Waals surface area contributed by atoms with Crippen LogP contribution in [0.25, 0.3) is 10.8 Å². The monoisotopic (exact) mass is 982 g/mol. The van der Waals surface area contributed by atoms with Crippen LogP contribution in [0.2, 0.25) is 5.28 Å². The summed E-state index contributed by atoms with van der Waals surface area (Å²) in [5, 5.41) is 27.2. The topological polar surface area (TPSA) is 370 Å². The van der Waals surface area contributed by atoms with Gasteiger partial charge in [0.15, 0.2) is 9.84 Å². The number of nitrogens with zero attached hydrogens (tertiary/aromatic N) is 5. The fourth-order valence-electron chi connectivity index (χ4n) is 4.57. The minimum absolute atomic E-state index is 0. The van der Waals surface area contributed by atoms with Crippen molar-refractivity contribution in [1.29, 1.82) is 0 Å². The average Bonchev–Trinajstić information content (AvgIpc) is 3.08. The van der Waals surface area contributed by atoms with E-state index in [-0.39, 0.29) is 191 Å². The molecular formula is C27H19ClN8Na4O15S5. The van der Waals surface area contributed by atoms with Crippen molar-refractivity contribution >= 4 is 115 Å². The van der Waals surface area contributed by atoms with Crippen LogP contribution in [0.3, 0.4) is 0 Å². The molecule has 23 nitrogen and oxygen atoms in total. The molecule has 0 saturated heterocycles. The van der Waals surface area contributed by atoms with Crippen LogP contribution in [0, 0.1) is 0 Å². The normalized spacial score (nSPS) is 11.8. The predicted molar refractivity (Wildman–Crippen MR) is 188 cm³/mol. The van der Waals surface area contributed by atoms with Crippen LogP contribution in [-0.4, -0.2) is 74.6 Å². The van der Waals surface area contributed by atoms with Crippen LogP contribution in [0.5, 0.6) is 0 Å². The van der Waals surface area contributed by atoms with Crippen LogP contribution in [0.15, 0.2) is 96.5 Å². The summed E-state index contributed by atoms with van der Waals surface area (Å²) in [5.74, 6) is -1.19. The van der Waals surface area contributed by atoms with Gasteiger partial charge in [0.1, 0.15) is 31.6 Å². The summed E-state index contributed by atoms with van der Waals surface area (Å²) in [4.78, 5) is 10.2. The van der Waals surface area contributed by atoms with E-state index >= 15 is 0 Å². The van der Waals surface area contributed by atoms with Gasteiger partial charge in [0, 0.05) is 16.8 Å². The number of rotatable bonds is 16. The van der Waals surface area contributed by atoms with E-state index in [4.69, 9.17) is 17.3 Å². The van der Waals surface area contributed by atoms with Crippen molar-refractivity contribution in [3.05, 3.63) is 72.0 Å². The first-order valence-electron chi connectivity index (χ1n) is 14.5. The van der Waals surface area contributed by atoms with Crippen LogP contribution in [-0.2, 0) is 54.0 Å². The number of hydrogen-bond acceptors (Lipinski definition) is 24. The molecule has 0 aliphatic rings. The second kappa shape index (κ2) is 24.0. The molecule has 0 radical (unpaired) electrons. The van der Waals surface area contributed by atoms with Crippen molar-refractivity contribution < 1.29 is 184 Å². The van der Waals surface area contributed by atoms with E-state index in [0.717, 1.165) is 30.3 Å². The number of nitrogens with one attached hydrogen (secondary N) is 2. The largest absolute Gasteiger partial charge is 1.00 e. The van der Waals surface area contributed by atoms with Crippen molar-refractivity contribution in [2.24, 2.45) is 10.2 Å². The first-order chi connectivity index (χ1) is 26.1. The molecule has 0 aliphatic carbocycles. The third-order valence-corrected chi connectivity index (χ3v) is 11.6. The molecule has 1 heterocycles. The van der Waals surface area contributed by atoms with E-state index < -0.39 is 68.3 Å². The van der Waals surface area contributed by atoms with E-state index in [9.17, 15) is 52.6 Å². The van der Waals surface area contributed by atoms with E-state index in [1.165, 1.54) is 36.4 Å². The Kier molecular flexibility index (Phi) is 22.9. The molecule has 5 rings (SSSR count). The molecular weight excluding hydrogens is 964 g/mol. The minimum Gasteiger partial charge on any atom is -0.744 e. The van der Waals surface area contributed by atoms with Gasteiger partial charge >= 0.3 is 118 Å². The number of fused-ring (bicyclic) bond motifs is 1. The zero-order chi connectivity index (χ0) is 41.1. The quantitative estimate of drug-likeness (QED) is 0.0121. The summed E-state index contributed by atoms with van der Waals surface area (Å²) in [5.41, 5.74) is 5.54. The average molecular weight is 983 g/mol. The summed E-state index contributed by atoms with van der Waals surface area (Å²) in [6.07, 6.45) is 0. The van der Waals surface area contributed by atoms with Gasteiger partial charge in [-0.05, 0) is 77.7 Å². The smallest absolute Gasteiger partial charge is 0.744 e. The van der Waals surface area contributed by atoms with Gasteiger partial charge < -0.3 is 35.3 Å². The van der Waals surface area contributed by atoms with Crippen molar-refractivity contribution in [1.82, 2.24) is 15.0 Å². The van der Waals surface area contributed by atoms with E-state index in [0.29, 0.717) is 0 Å². The number of halogens is 1. The fraction of sp³-hybridized carbons (Fsp3) is 0.0741. The summed E-state index contributed by atoms with van der Waals surface area (Å²) in [6, 6.07) is 12.5. The van der Waals surface area contributed by atoms with Gasteiger partial charge in [0.05, 0.1) is 49.7 Å². The summed E-state index contributed by atoms with van der Waals surface area (Å²) in [6.45, 7) is -0.885. The molecule has 4 aromatic carbocycles. The molecule has 0 amide bonds. The first-order valence-corrected chi connectivity index (χ1v) is 21.4. The maximum Gasteiger partial charge on any atom is 1.00 e. The van der Waals surface area contributed by atoms with Crippen LogP contribution < -0.4 is 140 Å². The number of aromatic nitrogens is 3. The van der Waals surface area contributed by atoms with Gasteiger partial charge in [-0.1, -0.05) is 6.07 Å². The third kappa shape index (κ3) is 16.1. The Morgan fingerprint density at radius 1 is 0.733 bits per heavy atom. The molecule has 0 aliphatic heterocycles. The summed E-state index contributed by atoms with van der Waals surface area (Å²) < 4.78 is 136. The minimum atomic E-state index is -5.18. The predicted octanol–water partition coefficient (Wildman–Crippen LogP) is -9.53. The Morgan fingerprint density at radius 2 is 1.32 bits per heavy atom. The number of azo groups is 1. The summed E-state index contributed by atoms with van der Waals surface area (Å²) >= 11 is 6.33. The van der Waals surface area contributed by atoms with Crippen LogP contribution in [0.1, 0.15) is 0 Å². The zero-order valence-corrected chi connectivity index (χ0v) is 44.0. The standard InChI is InChI=1S/C27H23ClN8O15S5.4Na/c28-25-32-26(30-15-1-4-17(5-2-15)53(38,39)10-9-49-56(46,47)48)34-27(33-25)31-16-3-8-22(55(43,44)45)20(13-16)35-36-24-21(52-51-50-37)12-14-11-18(54(40,41)42)6-7-19(14)23(24)29;;;;/h1-8,11-13,37H,9-10,29H2,(H,40,41,42)(H,43,44,45)(H,46,47,48)(H2,30,31,32,33,34);;;;/q;4*+1/p-4. The maximum absolute atomic E-state index is 12.4. The number of sulfone groups is 1. The van der Waals surface area contributed by atoms with E-state index in [1.54, 1.807) is 0 Å². The van der Waals surface area contributed by atoms with Gasteiger partial charge in [0.25, 0.3) is 0 Å². The van der Waals surface area contributed by atoms with Crippen LogP contribution in [0.4, 0.5) is 40.3 Å². The molecule has 4 N–H and O–H groups in total. The fourth-order valence-corrected chi connectivity index (χ4v) is 7.81. The molecule has 0 saturated carbocycles. The Bertz CT molecular complexity index is 2820. The molecule has 5 aromatic rings. The number of hydrogen-bond donors (Lipinski definition) is 3. The molecule has 298 valence electrons. The molecule has 60 heavy (non-hydrogen) atoms. The summed E-state index contributed by atoms with van der Waals surface area (Å²) in [7, 11) is -19.2. The molecule has 0 spiro atoms. The van der Waals surface area contributed by atoms with Gasteiger partial charge in [-0.2, -0.15) is 19.3 Å². The van der Waals surface area contributed by atoms with Gasteiger partial charge in [-0.15, -0.1) is 10.2 Å². The Hall–Kier alpha value is -0.690. The van der Waals surface area contributed by atoms with Crippen LogP contribution >= 0.6 is 23.6 Å². The Morgan fingerprint density at radius 3 is 1.88 bits per heavy atom. The van der Waals surface area contributed by atoms with Gasteiger partial charge in [0.2, 0.25) is 27.6 Å². The van der Waals surface area contributed by atoms with Crippen molar-refractivity contribution in [3.8, 4) is 0 Å². The first kappa shape index (κ1) is 57.3. The van der Waals surface area contributed by atoms with Gasteiger partial charge in [-0.25, -0.2) is 33.7 Å². The molecule has 33 heteroatoms. The molecule has 0 unspecified atom stereocenters.